The molecule has 0 bridgehead atoms. The number of carbonyl (C=O) groups excluding carboxylic acids is 2. The summed E-state index contributed by atoms with van der Waals surface area (Å²) in [5, 5.41) is 3.08. The average molecular weight is 450 g/mol. The molecule has 0 saturated carbocycles. The molecule has 33 heavy (non-hydrogen) atoms. The molecule has 7 heteroatoms. The lowest BCUT2D eigenvalue weighted by Gasteiger charge is -2.37. The molecular weight excluding hydrogens is 414 g/mol. The Bertz CT molecular complexity index is 912. The topological polar surface area (TPSA) is 68.8 Å². The molecule has 2 aliphatic heterocycles. The molecule has 176 valence electrons. The van der Waals surface area contributed by atoms with Crippen LogP contribution < -0.4 is 10.2 Å². The number of nitrogens with one attached hydrogen (secondary N) is 1. The Labute approximate surface area is 196 Å². The summed E-state index contributed by atoms with van der Waals surface area (Å²) >= 11 is 0. The molecule has 2 fully saturated rings. The summed E-state index contributed by atoms with van der Waals surface area (Å²) in [6.45, 7) is 5.69. The first-order chi connectivity index (χ1) is 16.2. The molecule has 0 atom stereocenters. The zero-order chi connectivity index (χ0) is 22.9. The molecule has 7 nitrogen and oxygen atoms in total. The SMILES string of the molecule is O=C(CN1CCCCCCC1=O)Nc1ccccc1N1CCN(CCc2ccncc2)CC1. The average Bonchev–Trinajstić information content (AvgIpc) is 2.84. The minimum atomic E-state index is -0.118. The van der Waals surface area contributed by atoms with Crippen molar-refractivity contribution in [3.8, 4) is 0 Å². The van der Waals surface area contributed by atoms with E-state index in [-0.39, 0.29) is 18.4 Å². The van der Waals surface area contributed by atoms with Crippen molar-refractivity contribution >= 4 is 23.2 Å². The van der Waals surface area contributed by atoms with Crippen LogP contribution in [0.1, 0.15) is 37.7 Å². The number of anilines is 2. The van der Waals surface area contributed by atoms with E-state index in [1.165, 1.54) is 5.56 Å². The number of aromatic nitrogens is 1. The summed E-state index contributed by atoms with van der Waals surface area (Å²) in [6, 6.07) is 12.2. The lowest BCUT2D eigenvalue weighted by atomic mass is 10.1. The Balaban J connectivity index is 1.30. The van der Waals surface area contributed by atoms with Gasteiger partial charge in [-0.25, -0.2) is 0 Å². The normalized spacial score (nSPS) is 18.0. The Morgan fingerprint density at radius 1 is 0.909 bits per heavy atom. The van der Waals surface area contributed by atoms with Gasteiger partial charge in [0.25, 0.3) is 0 Å². The van der Waals surface area contributed by atoms with E-state index < -0.39 is 0 Å². The molecule has 2 saturated heterocycles. The largest absolute Gasteiger partial charge is 0.367 e. The Hall–Kier alpha value is -2.93. The first kappa shape index (κ1) is 23.2. The van der Waals surface area contributed by atoms with Gasteiger partial charge in [0.2, 0.25) is 11.8 Å². The first-order valence-electron chi connectivity index (χ1n) is 12.2. The molecule has 1 aromatic carbocycles. The van der Waals surface area contributed by atoms with E-state index in [1.54, 1.807) is 4.90 Å². The van der Waals surface area contributed by atoms with Crippen molar-refractivity contribution in [2.75, 3.05) is 56.0 Å². The quantitative estimate of drug-likeness (QED) is 0.703. The van der Waals surface area contributed by atoms with Crippen molar-refractivity contribution in [1.29, 1.82) is 0 Å². The van der Waals surface area contributed by atoms with E-state index in [4.69, 9.17) is 0 Å². The zero-order valence-electron chi connectivity index (χ0n) is 19.4. The van der Waals surface area contributed by atoms with E-state index in [9.17, 15) is 9.59 Å². The van der Waals surface area contributed by atoms with Gasteiger partial charge in [-0.1, -0.05) is 25.0 Å². The lowest BCUT2D eigenvalue weighted by molar-refractivity contribution is -0.135. The number of benzene rings is 1. The Morgan fingerprint density at radius 2 is 1.67 bits per heavy atom. The van der Waals surface area contributed by atoms with Gasteiger partial charge in [0, 0.05) is 58.1 Å². The number of rotatable bonds is 7. The minimum Gasteiger partial charge on any atom is -0.367 e. The number of para-hydroxylation sites is 2. The van der Waals surface area contributed by atoms with Gasteiger partial charge in [-0.2, -0.15) is 0 Å². The zero-order valence-corrected chi connectivity index (χ0v) is 19.4. The predicted molar refractivity (Wildman–Crippen MR) is 131 cm³/mol. The van der Waals surface area contributed by atoms with Crippen LogP contribution in [0.2, 0.25) is 0 Å². The second kappa shape index (κ2) is 11.8. The minimum absolute atomic E-state index is 0.0982. The number of pyridine rings is 1. The van der Waals surface area contributed by atoms with Crippen molar-refractivity contribution in [1.82, 2.24) is 14.8 Å². The summed E-state index contributed by atoms with van der Waals surface area (Å²) in [7, 11) is 0. The van der Waals surface area contributed by atoms with E-state index in [2.05, 4.69) is 38.3 Å². The molecular formula is C26H35N5O2. The summed E-state index contributed by atoms with van der Waals surface area (Å²) in [5.41, 5.74) is 3.20. The van der Waals surface area contributed by atoms with Gasteiger partial charge in [0.15, 0.2) is 0 Å². The van der Waals surface area contributed by atoms with Gasteiger partial charge in [-0.3, -0.25) is 19.5 Å². The van der Waals surface area contributed by atoms with Crippen molar-refractivity contribution in [2.24, 2.45) is 0 Å². The highest BCUT2D eigenvalue weighted by atomic mass is 16.2. The predicted octanol–water partition coefficient (Wildman–Crippen LogP) is 3.18. The summed E-state index contributed by atoms with van der Waals surface area (Å²) in [6.07, 6.45) is 9.42. The standard InChI is InChI=1S/C26H35N5O2/c32-25(21-31-15-6-2-1-3-9-26(31)33)28-23-7-4-5-8-24(23)30-19-17-29(18-20-30)16-12-22-10-13-27-14-11-22/h4-5,7-8,10-11,13-14H,1-3,6,9,12,15-21H2,(H,28,32). The Morgan fingerprint density at radius 3 is 2.48 bits per heavy atom. The molecule has 1 N–H and O–H groups in total. The van der Waals surface area contributed by atoms with Gasteiger partial charge in [0.1, 0.15) is 0 Å². The maximum Gasteiger partial charge on any atom is 0.244 e. The van der Waals surface area contributed by atoms with Gasteiger partial charge in [-0.05, 0) is 49.1 Å². The Kier molecular flexibility index (Phi) is 8.30. The van der Waals surface area contributed by atoms with E-state index >= 15 is 0 Å². The molecule has 0 spiro atoms. The third kappa shape index (κ3) is 6.78. The van der Waals surface area contributed by atoms with Crippen molar-refractivity contribution in [3.63, 3.8) is 0 Å². The van der Waals surface area contributed by atoms with Crippen LogP contribution >= 0.6 is 0 Å². The lowest BCUT2D eigenvalue weighted by Crippen LogP contribution is -2.47. The van der Waals surface area contributed by atoms with Gasteiger partial charge >= 0.3 is 0 Å². The molecule has 0 unspecified atom stereocenters. The number of hydrogen-bond acceptors (Lipinski definition) is 5. The number of hydrogen-bond donors (Lipinski definition) is 1. The monoisotopic (exact) mass is 449 g/mol. The van der Waals surface area contributed by atoms with Crippen molar-refractivity contribution in [3.05, 3.63) is 54.4 Å². The fraction of sp³-hybridized carbons (Fsp3) is 0.500. The molecule has 0 radical (unpaired) electrons. The third-order valence-corrected chi connectivity index (χ3v) is 6.61. The number of nitrogens with zero attached hydrogens (tertiary/aromatic N) is 4. The number of carbonyl (C=O) groups is 2. The van der Waals surface area contributed by atoms with Crippen LogP contribution in [0.25, 0.3) is 0 Å². The van der Waals surface area contributed by atoms with Gasteiger partial charge in [0.05, 0.1) is 17.9 Å². The summed E-state index contributed by atoms with van der Waals surface area (Å²) in [4.78, 5) is 35.8. The first-order valence-corrected chi connectivity index (χ1v) is 12.2. The summed E-state index contributed by atoms with van der Waals surface area (Å²) in [5.74, 6) is -0.0200. The van der Waals surface area contributed by atoms with Crippen LogP contribution in [0, 0.1) is 0 Å². The van der Waals surface area contributed by atoms with E-state index in [0.717, 1.165) is 76.2 Å². The number of likely N-dealkylation sites (tertiary alicyclic amines) is 1. The third-order valence-electron chi connectivity index (χ3n) is 6.61. The van der Waals surface area contributed by atoms with Crippen molar-refractivity contribution in [2.45, 2.75) is 38.5 Å². The number of amides is 2. The number of piperazine rings is 1. The molecule has 2 aliphatic rings. The second-order valence-corrected chi connectivity index (χ2v) is 8.98. The van der Waals surface area contributed by atoms with Crippen LogP contribution in [-0.2, 0) is 16.0 Å². The van der Waals surface area contributed by atoms with Crippen molar-refractivity contribution < 1.29 is 9.59 Å². The molecule has 2 aromatic rings. The van der Waals surface area contributed by atoms with Crippen LogP contribution in [0.15, 0.2) is 48.8 Å². The molecule has 3 heterocycles. The van der Waals surface area contributed by atoms with Gasteiger partial charge < -0.3 is 15.1 Å². The molecule has 4 rings (SSSR count). The van der Waals surface area contributed by atoms with E-state index in [1.807, 2.05) is 30.6 Å². The molecule has 2 amide bonds. The highest BCUT2D eigenvalue weighted by Gasteiger charge is 2.22. The highest BCUT2D eigenvalue weighted by molar-refractivity contribution is 5.97. The fourth-order valence-corrected chi connectivity index (χ4v) is 4.65. The van der Waals surface area contributed by atoms with Crippen LogP contribution in [-0.4, -0.2) is 72.4 Å². The summed E-state index contributed by atoms with van der Waals surface area (Å²) < 4.78 is 0. The smallest absolute Gasteiger partial charge is 0.244 e. The molecule has 1 aromatic heterocycles. The second-order valence-electron chi connectivity index (χ2n) is 8.98. The maximum atomic E-state index is 12.8. The van der Waals surface area contributed by atoms with Gasteiger partial charge in [-0.15, -0.1) is 0 Å². The fourth-order valence-electron chi connectivity index (χ4n) is 4.65. The highest BCUT2D eigenvalue weighted by Crippen LogP contribution is 2.27. The maximum absolute atomic E-state index is 12.8. The van der Waals surface area contributed by atoms with Crippen LogP contribution in [0.4, 0.5) is 11.4 Å². The van der Waals surface area contributed by atoms with Crippen LogP contribution in [0.5, 0.6) is 0 Å². The molecule has 0 aliphatic carbocycles. The van der Waals surface area contributed by atoms with Crippen LogP contribution in [0.3, 0.4) is 0 Å². The van der Waals surface area contributed by atoms with E-state index in [0.29, 0.717) is 13.0 Å².